The third-order valence-corrected chi connectivity index (χ3v) is 2.79. The van der Waals surface area contributed by atoms with Crippen LogP contribution in [0.15, 0.2) is 18.5 Å². The first kappa shape index (κ1) is 12.4. The average molecular weight is 246 g/mol. The van der Waals surface area contributed by atoms with Gasteiger partial charge >= 0.3 is 0 Å². The fourth-order valence-electron chi connectivity index (χ4n) is 1.99. The molecule has 0 amide bonds. The van der Waals surface area contributed by atoms with Gasteiger partial charge in [0.25, 0.3) is 0 Å². The Kier molecular flexibility index (Phi) is 3.50. The predicted molar refractivity (Wildman–Crippen MR) is 70.4 cm³/mol. The van der Waals surface area contributed by atoms with E-state index in [0.29, 0.717) is 12.3 Å². The SMILES string of the molecule is CCn1ncnc1COc1c(C)cc(C)cc1N. The zero-order valence-electron chi connectivity index (χ0n) is 11.0. The Labute approximate surface area is 107 Å². The summed E-state index contributed by atoms with van der Waals surface area (Å²) in [5, 5.41) is 4.10. The van der Waals surface area contributed by atoms with Crippen LogP contribution in [0.1, 0.15) is 23.9 Å². The van der Waals surface area contributed by atoms with Crippen molar-refractivity contribution in [2.75, 3.05) is 5.73 Å². The van der Waals surface area contributed by atoms with E-state index in [1.165, 1.54) is 6.33 Å². The molecule has 1 aromatic carbocycles. The number of nitrogens with zero attached hydrogens (tertiary/aromatic N) is 3. The number of ether oxygens (including phenoxy) is 1. The third-order valence-electron chi connectivity index (χ3n) is 2.79. The van der Waals surface area contributed by atoms with Gasteiger partial charge in [0.1, 0.15) is 18.7 Å². The monoisotopic (exact) mass is 246 g/mol. The molecule has 96 valence electrons. The molecule has 1 heterocycles. The standard InChI is InChI=1S/C13H18N4O/c1-4-17-12(15-8-16-17)7-18-13-10(3)5-9(2)6-11(13)14/h5-6,8H,4,7,14H2,1-3H3. The summed E-state index contributed by atoms with van der Waals surface area (Å²) in [5.41, 5.74) is 8.80. The largest absolute Gasteiger partial charge is 0.483 e. The molecule has 2 rings (SSSR count). The highest BCUT2D eigenvalue weighted by atomic mass is 16.5. The van der Waals surface area contributed by atoms with E-state index < -0.39 is 0 Å². The molecule has 5 nitrogen and oxygen atoms in total. The molecule has 0 unspecified atom stereocenters. The topological polar surface area (TPSA) is 66.0 Å². The zero-order valence-corrected chi connectivity index (χ0v) is 11.0. The van der Waals surface area contributed by atoms with Gasteiger partial charge in [-0.05, 0) is 38.0 Å². The molecule has 0 aliphatic rings. The van der Waals surface area contributed by atoms with E-state index in [9.17, 15) is 0 Å². The molecule has 0 spiro atoms. The molecule has 1 aromatic heterocycles. The molecule has 0 aliphatic carbocycles. The third kappa shape index (κ3) is 2.45. The summed E-state index contributed by atoms with van der Waals surface area (Å²) in [6, 6.07) is 3.96. The van der Waals surface area contributed by atoms with Gasteiger partial charge in [-0.2, -0.15) is 5.10 Å². The highest BCUT2D eigenvalue weighted by Crippen LogP contribution is 2.28. The number of nitrogens with two attached hydrogens (primary N) is 1. The molecule has 2 aromatic rings. The number of hydrogen-bond acceptors (Lipinski definition) is 4. The van der Waals surface area contributed by atoms with Crippen molar-refractivity contribution in [2.45, 2.75) is 33.9 Å². The minimum Gasteiger partial charge on any atom is -0.483 e. The second-order valence-corrected chi connectivity index (χ2v) is 4.28. The lowest BCUT2D eigenvalue weighted by Gasteiger charge is -2.12. The molecule has 0 bridgehead atoms. The Morgan fingerprint density at radius 1 is 1.33 bits per heavy atom. The summed E-state index contributed by atoms with van der Waals surface area (Å²) in [4.78, 5) is 4.17. The van der Waals surface area contributed by atoms with Crippen molar-refractivity contribution in [1.29, 1.82) is 0 Å². The van der Waals surface area contributed by atoms with Gasteiger partial charge in [-0.25, -0.2) is 9.67 Å². The molecule has 0 saturated heterocycles. The highest BCUT2D eigenvalue weighted by molar-refractivity contribution is 5.58. The van der Waals surface area contributed by atoms with Crippen molar-refractivity contribution in [1.82, 2.24) is 14.8 Å². The quantitative estimate of drug-likeness (QED) is 0.839. The van der Waals surface area contributed by atoms with Crippen molar-refractivity contribution in [3.05, 3.63) is 35.4 Å². The van der Waals surface area contributed by atoms with Crippen LogP contribution < -0.4 is 10.5 Å². The van der Waals surface area contributed by atoms with E-state index >= 15 is 0 Å². The first-order valence-electron chi connectivity index (χ1n) is 5.98. The van der Waals surface area contributed by atoms with Gasteiger partial charge in [-0.15, -0.1) is 0 Å². The second-order valence-electron chi connectivity index (χ2n) is 4.28. The maximum absolute atomic E-state index is 5.96. The Morgan fingerprint density at radius 2 is 2.11 bits per heavy atom. The second kappa shape index (κ2) is 5.08. The van der Waals surface area contributed by atoms with Crippen molar-refractivity contribution < 1.29 is 4.74 Å². The smallest absolute Gasteiger partial charge is 0.164 e. The van der Waals surface area contributed by atoms with Gasteiger partial charge in [0, 0.05) is 6.54 Å². The van der Waals surface area contributed by atoms with Crippen molar-refractivity contribution in [3.8, 4) is 5.75 Å². The predicted octanol–water partition coefficient (Wildman–Crippen LogP) is 2.08. The minimum absolute atomic E-state index is 0.377. The van der Waals surface area contributed by atoms with Gasteiger partial charge < -0.3 is 10.5 Å². The summed E-state index contributed by atoms with van der Waals surface area (Å²) in [5.74, 6) is 1.53. The van der Waals surface area contributed by atoms with Gasteiger partial charge in [0.05, 0.1) is 5.69 Å². The zero-order chi connectivity index (χ0) is 13.1. The maximum Gasteiger partial charge on any atom is 0.164 e. The fourth-order valence-corrected chi connectivity index (χ4v) is 1.99. The Hall–Kier alpha value is -2.04. The van der Waals surface area contributed by atoms with E-state index in [0.717, 1.165) is 29.2 Å². The molecule has 0 atom stereocenters. The Balaban J connectivity index is 2.16. The lowest BCUT2D eigenvalue weighted by Crippen LogP contribution is -2.08. The van der Waals surface area contributed by atoms with Crippen LogP contribution in [0.2, 0.25) is 0 Å². The summed E-state index contributed by atoms with van der Waals surface area (Å²) in [7, 11) is 0. The number of anilines is 1. The van der Waals surface area contributed by atoms with Crippen molar-refractivity contribution in [3.63, 3.8) is 0 Å². The van der Waals surface area contributed by atoms with Gasteiger partial charge in [-0.1, -0.05) is 6.07 Å². The molecule has 18 heavy (non-hydrogen) atoms. The normalized spacial score (nSPS) is 10.6. The highest BCUT2D eigenvalue weighted by Gasteiger charge is 2.08. The lowest BCUT2D eigenvalue weighted by atomic mass is 10.1. The number of aromatic nitrogens is 3. The van der Waals surface area contributed by atoms with Crippen LogP contribution in [-0.2, 0) is 13.2 Å². The van der Waals surface area contributed by atoms with Gasteiger partial charge in [0.2, 0.25) is 0 Å². The Bertz CT molecular complexity index is 525. The molecule has 5 heteroatoms. The van der Waals surface area contributed by atoms with E-state index in [1.807, 2.05) is 26.8 Å². The summed E-state index contributed by atoms with van der Waals surface area (Å²) < 4.78 is 7.57. The first-order chi connectivity index (χ1) is 8.61. The number of hydrogen-bond donors (Lipinski definition) is 1. The van der Waals surface area contributed by atoms with Crippen LogP contribution in [0.3, 0.4) is 0 Å². The van der Waals surface area contributed by atoms with E-state index in [2.05, 4.69) is 16.1 Å². The fraction of sp³-hybridized carbons (Fsp3) is 0.385. The molecule has 2 N–H and O–H groups in total. The van der Waals surface area contributed by atoms with Crippen molar-refractivity contribution in [2.24, 2.45) is 0 Å². The van der Waals surface area contributed by atoms with Crippen molar-refractivity contribution >= 4 is 5.69 Å². The number of aryl methyl sites for hydroxylation is 3. The average Bonchev–Trinajstić information content (AvgIpc) is 2.75. The summed E-state index contributed by atoms with van der Waals surface area (Å²) in [6.45, 7) is 7.18. The van der Waals surface area contributed by atoms with Gasteiger partial charge in [0.15, 0.2) is 5.82 Å². The van der Waals surface area contributed by atoms with Crippen LogP contribution in [-0.4, -0.2) is 14.8 Å². The van der Waals surface area contributed by atoms with Crippen LogP contribution in [0.5, 0.6) is 5.75 Å². The molecular formula is C13H18N4O. The molecule has 0 radical (unpaired) electrons. The van der Waals surface area contributed by atoms with E-state index in [-0.39, 0.29) is 0 Å². The molecular weight excluding hydrogens is 228 g/mol. The van der Waals surface area contributed by atoms with E-state index in [1.54, 1.807) is 4.68 Å². The van der Waals surface area contributed by atoms with Gasteiger partial charge in [-0.3, -0.25) is 0 Å². The van der Waals surface area contributed by atoms with Crippen LogP contribution in [0.4, 0.5) is 5.69 Å². The van der Waals surface area contributed by atoms with Crippen LogP contribution >= 0.6 is 0 Å². The van der Waals surface area contributed by atoms with E-state index in [4.69, 9.17) is 10.5 Å². The first-order valence-corrected chi connectivity index (χ1v) is 5.98. The molecule has 0 aliphatic heterocycles. The summed E-state index contributed by atoms with van der Waals surface area (Å²) in [6.07, 6.45) is 1.54. The molecule has 0 saturated carbocycles. The van der Waals surface area contributed by atoms with Crippen LogP contribution in [0.25, 0.3) is 0 Å². The molecule has 0 fully saturated rings. The maximum atomic E-state index is 5.96. The minimum atomic E-state index is 0.377. The number of nitrogen functional groups attached to an aromatic ring is 1. The summed E-state index contributed by atoms with van der Waals surface area (Å²) >= 11 is 0. The number of benzene rings is 1. The van der Waals surface area contributed by atoms with Crippen LogP contribution in [0, 0.1) is 13.8 Å². The Morgan fingerprint density at radius 3 is 2.78 bits per heavy atom. The number of rotatable bonds is 4. The lowest BCUT2D eigenvalue weighted by molar-refractivity contribution is 0.287.